The van der Waals surface area contributed by atoms with E-state index in [4.69, 9.17) is 14.2 Å². The van der Waals surface area contributed by atoms with Crippen LogP contribution in [-0.2, 0) is 9.53 Å². The van der Waals surface area contributed by atoms with E-state index in [9.17, 15) is 4.79 Å². The van der Waals surface area contributed by atoms with Gasteiger partial charge in [-0.05, 0) is 12.1 Å². The summed E-state index contributed by atoms with van der Waals surface area (Å²) in [5.74, 6) is 1.58. The molecule has 6 nitrogen and oxygen atoms in total. The fraction of sp³-hybridized carbons (Fsp3) is 0.533. The topological polar surface area (TPSA) is 60.0 Å². The van der Waals surface area contributed by atoms with Crippen molar-refractivity contribution in [1.29, 1.82) is 0 Å². The second kappa shape index (κ2) is 6.67. The number of carbonyl (C=O) groups excluding carboxylic acids is 1. The number of ether oxygens (including phenoxy) is 3. The van der Waals surface area contributed by atoms with E-state index in [2.05, 4.69) is 5.32 Å². The second-order valence-corrected chi connectivity index (χ2v) is 5.06. The lowest BCUT2D eigenvalue weighted by Crippen LogP contribution is -2.43. The molecular weight excluding hydrogens is 272 g/mol. The Morgan fingerprint density at radius 1 is 1.10 bits per heavy atom. The molecule has 0 aliphatic carbocycles. The molecule has 1 fully saturated rings. The van der Waals surface area contributed by atoms with E-state index >= 15 is 0 Å². The van der Waals surface area contributed by atoms with Gasteiger partial charge >= 0.3 is 0 Å². The van der Waals surface area contributed by atoms with Crippen LogP contribution < -0.4 is 14.8 Å². The van der Waals surface area contributed by atoms with Gasteiger partial charge in [-0.3, -0.25) is 4.79 Å². The Labute approximate surface area is 124 Å². The molecule has 1 aromatic rings. The molecule has 2 aliphatic rings. The second-order valence-electron chi connectivity index (χ2n) is 5.06. The predicted octanol–water partition coefficient (Wildman–Crippen LogP) is 1.12. The monoisotopic (exact) mass is 292 g/mol. The van der Waals surface area contributed by atoms with Gasteiger partial charge in [-0.2, -0.15) is 0 Å². The van der Waals surface area contributed by atoms with Crippen LogP contribution in [0.1, 0.15) is 6.42 Å². The van der Waals surface area contributed by atoms with Crippen molar-refractivity contribution in [3.8, 4) is 11.5 Å². The average molecular weight is 292 g/mol. The van der Waals surface area contributed by atoms with Crippen LogP contribution >= 0.6 is 0 Å². The maximum absolute atomic E-state index is 12.1. The summed E-state index contributed by atoms with van der Waals surface area (Å²) in [6, 6.07) is 5.66. The van der Waals surface area contributed by atoms with Crippen LogP contribution in [0.15, 0.2) is 18.2 Å². The van der Waals surface area contributed by atoms with Crippen molar-refractivity contribution in [2.24, 2.45) is 0 Å². The first kappa shape index (κ1) is 14.0. The highest BCUT2D eigenvalue weighted by atomic mass is 16.5. The van der Waals surface area contributed by atoms with Crippen LogP contribution in [0.4, 0.5) is 5.69 Å². The summed E-state index contributed by atoms with van der Waals surface area (Å²) in [7, 11) is 0. The van der Waals surface area contributed by atoms with Crippen molar-refractivity contribution >= 4 is 11.6 Å². The Morgan fingerprint density at radius 2 is 1.86 bits per heavy atom. The maximum Gasteiger partial charge on any atom is 0.242 e. The zero-order chi connectivity index (χ0) is 14.5. The molecule has 2 heterocycles. The standard InChI is InChI=1S/C15H20N2O4/c18-15(17-4-8-19-9-5-17)11-16-12-2-3-13-14(10-12)21-7-1-6-20-13/h2-3,10,16H,1,4-9,11H2. The number of morpholine rings is 1. The molecule has 2 aliphatic heterocycles. The van der Waals surface area contributed by atoms with E-state index in [1.54, 1.807) is 0 Å². The fourth-order valence-electron chi connectivity index (χ4n) is 2.38. The number of nitrogens with zero attached hydrogens (tertiary/aromatic N) is 1. The number of fused-ring (bicyclic) bond motifs is 1. The minimum atomic E-state index is 0.0883. The van der Waals surface area contributed by atoms with Gasteiger partial charge in [0.2, 0.25) is 5.91 Å². The molecule has 114 valence electrons. The molecule has 0 saturated carbocycles. The fourth-order valence-corrected chi connectivity index (χ4v) is 2.38. The van der Waals surface area contributed by atoms with Gasteiger partial charge in [0.1, 0.15) is 0 Å². The summed E-state index contributed by atoms with van der Waals surface area (Å²) in [5, 5.41) is 3.14. The van der Waals surface area contributed by atoms with Gasteiger partial charge in [-0.1, -0.05) is 0 Å². The first-order valence-corrected chi connectivity index (χ1v) is 7.32. The highest BCUT2D eigenvalue weighted by Crippen LogP contribution is 2.32. The summed E-state index contributed by atoms with van der Waals surface area (Å²) in [4.78, 5) is 13.9. The highest BCUT2D eigenvalue weighted by molar-refractivity contribution is 5.81. The van der Waals surface area contributed by atoms with Crippen molar-refractivity contribution in [2.75, 3.05) is 51.4 Å². The number of nitrogens with one attached hydrogen (secondary N) is 1. The molecule has 6 heteroatoms. The van der Waals surface area contributed by atoms with Crippen LogP contribution in [0.5, 0.6) is 11.5 Å². The molecule has 1 saturated heterocycles. The Bertz CT molecular complexity index is 500. The zero-order valence-electron chi connectivity index (χ0n) is 12.0. The Kier molecular flexibility index (Phi) is 4.45. The van der Waals surface area contributed by atoms with E-state index in [0.29, 0.717) is 39.5 Å². The van der Waals surface area contributed by atoms with Crippen molar-refractivity contribution < 1.29 is 19.0 Å². The molecule has 0 radical (unpaired) electrons. The first-order valence-electron chi connectivity index (χ1n) is 7.32. The lowest BCUT2D eigenvalue weighted by molar-refractivity contribution is -0.133. The molecule has 0 aromatic heterocycles. The smallest absolute Gasteiger partial charge is 0.242 e. The molecule has 0 unspecified atom stereocenters. The zero-order valence-corrected chi connectivity index (χ0v) is 12.0. The van der Waals surface area contributed by atoms with Crippen molar-refractivity contribution in [3.63, 3.8) is 0 Å². The molecule has 1 aromatic carbocycles. The van der Waals surface area contributed by atoms with Gasteiger partial charge in [0.05, 0.1) is 33.0 Å². The van der Waals surface area contributed by atoms with E-state index in [-0.39, 0.29) is 12.5 Å². The summed E-state index contributed by atoms with van der Waals surface area (Å²) < 4.78 is 16.5. The summed E-state index contributed by atoms with van der Waals surface area (Å²) in [6.45, 7) is 4.19. The molecule has 0 bridgehead atoms. The van der Waals surface area contributed by atoms with Gasteiger partial charge in [0.25, 0.3) is 0 Å². The van der Waals surface area contributed by atoms with Crippen molar-refractivity contribution in [2.45, 2.75) is 6.42 Å². The van der Waals surface area contributed by atoms with E-state index < -0.39 is 0 Å². The minimum absolute atomic E-state index is 0.0883. The van der Waals surface area contributed by atoms with E-state index in [0.717, 1.165) is 23.6 Å². The van der Waals surface area contributed by atoms with Gasteiger partial charge in [-0.25, -0.2) is 0 Å². The van der Waals surface area contributed by atoms with Crippen LogP contribution in [0.25, 0.3) is 0 Å². The number of benzene rings is 1. The highest BCUT2D eigenvalue weighted by Gasteiger charge is 2.17. The quantitative estimate of drug-likeness (QED) is 0.904. The van der Waals surface area contributed by atoms with Crippen LogP contribution in [0.2, 0.25) is 0 Å². The number of rotatable bonds is 3. The number of carbonyl (C=O) groups is 1. The molecule has 1 amide bonds. The number of hydrogen-bond acceptors (Lipinski definition) is 5. The average Bonchev–Trinajstić information content (AvgIpc) is 2.78. The van der Waals surface area contributed by atoms with E-state index in [1.165, 1.54) is 0 Å². The summed E-state index contributed by atoms with van der Waals surface area (Å²) in [5.41, 5.74) is 0.862. The molecule has 1 N–H and O–H groups in total. The number of amides is 1. The summed E-state index contributed by atoms with van der Waals surface area (Å²) >= 11 is 0. The number of anilines is 1. The van der Waals surface area contributed by atoms with Crippen LogP contribution in [-0.4, -0.2) is 56.9 Å². The lowest BCUT2D eigenvalue weighted by Gasteiger charge is -2.27. The van der Waals surface area contributed by atoms with Crippen molar-refractivity contribution in [1.82, 2.24) is 4.90 Å². The Balaban J connectivity index is 1.57. The number of hydrogen-bond donors (Lipinski definition) is 1. The molecule has 0 atom stereocenters. The molecule has 21 heavy (non-hydrogen) atoms. The summed E-state index contributed by atoms with van der Waals surface area (Å²) in [6.07, 6.45) is 0.882. The van der Waals surface area contributed by atoms with Gasteiger partial charge in [0, 0.05) is 31.3 Å². The molecule has 3 rings (SSSR count). The normalized spacial score (nSPS) is 18.0. The molecular formula is C15H20N2O4. The maximum atomic E-state index is 12.1. The Hall–Kier alpha value is -1.95. The van der Waals surface area contributed by atoms with Gasteiger partial charge in [0.15, 0.2) is 11.5 Å². The van der Waals surface area contributed by atoms with Gasteiger partial charge in [-0.15, -0.1) is 0 Å². The lowest BCUT2D eigenvalue weighted by atomic mass is 10.2. The van der Waals surface area contributed by atoms with Crippen LogP contribution in [0, 0.1) is 0 Å². The Morgan fingerprint density at radius 3 is 2.67 bits per heavy atom. The SMILES string of the molecule is O=C(CNc1ccc2c(c1)OCCCO2)N1CCOCC1. The third-order valence-corrected chi connectivity index (χ3v) is 3.56. The van der Waals surface area contributed by atoms with E-state index in [1.807, 2.05) is 23.1 Å². The van der Waals surface area contributed by atoms with Crippen LogP contribution in [0.3, 0.4) is 0 Å². The molecule has 0 spiro atoms. The van der Waals surface area contributed by atoms with Crippen molar-refractivity contribution in [3.05, 3.63) is 18.2 Å². The first-order chi connectivity index (χ1) is 10.3. The third-order valence-electron chi connectivity index (χ3n) is 3.56. The third kappa shape index (κ3) is 3.58. The minimum Gasteiger partial charge on any atom is -0.490 e. The largest absolute Gasteiger partial charge is 0.490 e. The predicted molar refractivity (Wildman–Crippen MR) is 77.9 cm³/mol. The van der Waals surface area contributed by atoms with Gasteiger partial charge < -0.3 is 24.4 Å².